The van der Waals surface area contributed by atoms with Crippen molar-refractivity contribution in [2.24, 2.45) is 5.92 Å². The van der Waals surface area contributed by atoms with Gasteiger partial charge in [-0.05, 0) is 38.2 Å². The molecule has 0 saturated heterocycles. The first-order chi connectivity index (χ1) is 8.73. The van der Waals surface area contributed by atoms with Crippen LogP contribution in [0.1, 0.15) is 43.4 Å². The molecule has 0 aliphatic carbocycles. The average molecular weight is 264 g/mol. The van der Waals surface area contributed by atoms with Crippen molar-refractivity contribution < 1.29 is 15.0 Å². The standard InChI is InChI=1S/C16H24O3/c1-11(2)16(19,10-15(17)18)6-5-14-8-12(3)7-13(4)9-14/h7-9,11,19H,5-6,10H2,1-4H3,(H,17,18). The van der Waals surface area contributed by atoms with E-state index in [1.54, 1.807) is 0 Å². The lowest BCUT2D eigenvalue weighted by molar-refractivity contribution is -0.145. The zero-order valence-electron chi connectivity index (χ0n) is 12.2. The van der Waals surface area contributed by atoms with E-state index in [-0.39, 0.29) is 12.3 Å². The Hall–Kier alpha value is -1.35. The second-order valence-corrected chi connectivity index (χ2v) is 5.82. The molecule has 0 heterocycles. The SMILES string of the molecule is Cc1cc(C)cc(CCC(O)(CC(=O)O)C(C)C)c1. The van der Waals surface area contributed by atoms with Gasteiger partial charge in [-0.15, -0.1) is 0 Å². The summed E-state index contributed by atoms with van der Waals surface area (Å²) in [5, 5.41) is 19.4. The monoisotopic (exact) mass is 264 g/mol. The maximum atomic E-state index is 10.9. The normalized spacial score (nSPS) is 14.4. The molecule has 2 N–H and O–H groups in total. The Morgan fingerprint density at radius 2 is 1.74 bits per heavy atom. The lowest BCUT2D eigenvalue weighted by atomic mass is 9.82. The molecule has 1 aromatic carbocycles. The number of aliphatic carboxylic acids is 1. The van der Waals surface area contributed by atoms with Crippen molar-refractivity contribution in [3.63, 3.8) is 0 Å². The summed E-state index contributed by atoms with van der Waals surface area (Å²) in [6.45, 7) is 7.82. The molecule has 3 heteroatoms. The highest BCUT2D eigenvalue weighted by atomic mass is 16.4. The molecule has 0 aliphatic heterocycles. The predicted molar refractivity (Wildman–Crippen MR) is 76.3 cm³/mol. The fraction of sp³-hybridized carbons (Fsp3) is 0.562. The van der Waals surface area contributed by atoms with Gasteiger partial charge in [-0.25, -0.2) is 0 Å². The topological polar surface area (TPSA) is 57.5 Å². The van der Waals surface area contributed by atoms with Crippen molar-refractivity contribution in [2.45, 2.75) is 52.6 Å². The summed E-state index contributed by atoms with van der Waals surface area (Å²) < 4.78 is 0. The number of hydrogen-bond acceptors (Lipinski definition) is 2. The Bertz CT molecular complexity index is 431. The summed E-state index contributed by atoms with van der Waals surface area (Å²) in [6, 6.07) is 6.29. The van der Waals surface area contributed by atoms with Gasteiger partial charge in [0.1, 0.15) is 0 Å². The third-order valence-electron chi connectivity index (χ3n) is 3.66. The molecule has 1 rings (SSSR count). The third kappa shape index (κ3) is 4.67. The molecule has 3 nitrogen and oxygen atoms in total. The number of carboxylic acid groups (broad SMARTS) is 1. The molecular weight excluding hydrogens is 240 g/mol. The van der Waals surface area contributed by atoms with Crippen LogP contribution in [0.25, 0.3) is 0 Å². The Kier molecular flexibility index (Phi) is 5.12. The van der Waals surface area contributed by atoms with E-state index in [9.17, 15) is 9.90 Å². The Morgan fingerprint density at radius 1 is 1.21 bits per heavy atom. The first-order valence-corrected chi connectivity index (χ1v) is 6.74. The first kappa shape index (κ1) is 15.7. The van der Waals surface area contributed by atoms with Crippen LogP contribution >= 0.6 is 0 Å². The second-order valence-electron chi connectivity index (χ2n) is 5.82. The lowest BCUT2D eigenvalue weighted by Crippen LogP contribution is -2.38. The van der Waals surface area contributed by atoms with Crippen LogP contribution in [0.2, 0.25) is 0 Å². The molecule has 1 atom stereocenters. The summed E-state index contributed by atoms with van der Waals surface area (Å²) >= 11 is 0. The predicted octanol–water partition coefficient (Wildman–Crippen LogP) is 3.10. The number of aryl methyl sites for hydroxylation is 3. The van der Waals surface area contributed by atoms with E-state index in [4.69, 9.17) is 5.11 Å². The van der Waals surface area contributed by atoms with Gasteiger partial charge in [-0.3, -0.25) is 4.79 Å². The molecule has 0 spiro atoms. The molecule has 106 valence electrons. The molecular formula is C16H24O3. The summed E-state index contributed by atoms with van der Waals surface area (Å²) in [5.74, 6) is -1.02. The highest BCUT2D eigenvalue weighted by Gasteiger charge is 2.33. The van der Waals surface area contributed by atoms with Crippen LogP contribution in [0.15, 0.2) is 18.2 Å². The Balaban J connectivity index is 2.78. The molecule has 0 bridgehead atoms. The van der Waals surface area contributed by atoms with Crippen LogP contribution in [0, 0.1) is 19.8 Å². The molecule has 0 aromatic heterocycles. The molecule has 0 amide bonds. The number of carbonyl (C=O) groups is 1. The van der Waals surface area contributed by atoms with Gasteiger partial charge in [-0.1, -0.05) is 43.2 Å². The highest BCUT2D eigenvalue weighted by Crippen LogP contribution is 2.27. The van der Waals surface area contributed by atoms with Crippen molar-refractivity contribution in [1.82, 2.24) is 0 Å². The van der Waals surface area contributed by atoms with E-state index in [0.29, 0.717) is 12.8 Å². The van der Waals surface area contributed by atoms with Gasteiger partial charge in [-0.2, -0.15) is 0 Å². The Morgan fingerprint density at radius 3 is 2.16 bits per heavy atom. The fourth-order valence-electron chi connectivity index (χ4n) is 2.42. The van der Waals surface area contributed by atoms with Crippen molar-refractivity contribution in [2.75, 3.05) is 0 Å². The molecule has 0 radical (unpaired) electrons. The van der Waals surface area contributed by atoms with E-state index >= 15 is 0 Å². The minimum Gasteiger partial charge on any atom is -0.481 e. The number of rotatable bonds is 6. The van der Waals surface area contributed by atoms with E-state index in [1.807, 2.05) is 27.7 Å². The summed E-state index contributed by atoms with van der Waals surface area (Å²) in [7, 11) is 0. The molecule has 0 aliphatic rings. The maximum absolute atomic E-state index is 10.9. The Labute approximate surface area is 115 Å². The van der Waals surface area contributed by atoms with Crippen LogP contribution in [0.4, 0.5) is 0 Å². The number of carboxylic acids is 1. The van der Waals surface area contributed by atoms with Crippen molar-refractivity contribution >= 4 is 5.97 Å². The molecule has 0 saturated carbocycles. The fourth-order valence-corrected chi connectivity index (χ4v) is 2.42. The number of hydrogen-bond donors (Lipinski definition) is 2. The largest absolute Gasteiger partial charge is 0.481 e. The van der Waals surface area contributed by atoms with E-state index in [1.165, 1.54) is 11.1 Å². The van der Waals surface area contributed by atoms with Gasteiger partial charge < -0.3 is 10.2 Å². The van der Waals surface area contributed by atoms with Crippen LogP contribution in [0.5, 0.6) is 0 Å². The molecule has 19 heavy (non-hydrogen) atoms. The first-order valence-electron chi connectivity index (χ1n) is 6.74. The van der Waals surface area contributed by atoms with Gasteiger partial charge in [0, 0.05) is 0 Å². The lowest BCUT2D eigenvalue weighted by Gasteiger charge is -2.30. The van der Waals surface area contributed by atoms with E-state index < -0.39 is 11.6 Å². The van der Waals surface area contributed by atoms with Crippen LogP contribution in [-0.2, 0) is 11.2 Å². The summed E-state index contributed by atoms with van der Waals surface area (Å²) in [4.78, 5) is 10.9. The van der Waals surface area contributed by atoms with Crippen molar-refractivity contribution in [3.8, 4) is 0 Å². The molecule has 1 aromatic rings. The molecule has 1 unspecified atom stereocenters. The average Bonchev–Trinajstić information content (AvgIpc) is 2.24. The third-order valence-corrected chi connectivity index (χ3v) is 3.66. The number of aliphatic hydroxyl groups is 1. The van der Waals surface area contributed by atoms with Crippen molar-refractivity contribution in [3.05, 3.63) is 34.9 Å². The van der Waals surface area contributed by atoms with Crippen LogP contribution in [-0.4, -0.2) is 21.8 Å². The van der Waals surface area contributed by atoms with Gasteiger partial charge in [0.25, 0.3) is 0 Å². The number of benzene rings is 1. The quantitative estimate of drug-likeness (QED) is 0.830. The van der Waals surface area contributed by atoms with Gasteiger partial charge >= 0.3 is 5.97 Å². The van der Waals surface area contributed by atoms with Gasteiger partial charge in [0.2, 0.25) is 0 Å². The van der Waals surface area contributed by atoms with Crippen LogP contribution in [0.3, 0.4) is 0 Å². The summed E-state index contributed by atoms with van der Waals surface area (Å²) in [6.07, 6.45) is 0.972. The summed E-state index contributed by atoms with van der Waals surface area (Å²) in [5.41, 5.74) is 2.41. The molecule has 0 fully saturated rings. The smallest absolute Gasteiger partial charge is 0.306 e. The zero-order valence-corrected chi connectivity index (χ0v) is 12.2. The van der Waals surface area contributed by atoms with Gasteiger partial charge in [0.05, 0.1) is 12.0 Å². The van der Waals surface area contributed by atoms with Gasteiger partial charge in [0.15, 0.2) is 0 Å². The minimum absolute atomic E-state index is 0.0745. The maximum Gasteiger partial charge on any atom is 0.306 e. The zero-order chi connectivity index (χ0) is 14.6. The highest BCUT2D eigenvalue weighted by molar-refractivity contribution is 5.68. The van der Waals surface area contributed by atoms with Crippen LogP contribution < -0.4 is 0 Å². The van der Waals surface area contributed by atoms with Crippen molar-refractivity contribution in [1.29, 1.82) is 0 Å². The van der Waals surface area contributed by atoms with E-state index in [2.05, 4.69) is 18.2 Å². The second kappa shape index (κ2) is 6.20. The minimum atomic E-state index is -1.14. The van der Waals surface area contributed by atoms with E-state index in [0.717, 1.165) is 5.56 Å².